The van der Waals surface area contributed by atoms with Crippen molar-refractivity contribution in [2.24, 2.45) is 0 Å². The number of ether oxygens (including phenoxy) is 2. The molecule has 0 fully saturated rings. The summed E-state index contributed by atoms with van der Waals surface area (Å²) in [6.07, 6.45) is 0.199. The van der Waals surface area contributed by atoms with E-state index in [-0.39, 0.29) is 35.1 Å². The maximum absolute atomic E-state index is 12.3. The van der Waals surface area contributed by atoms with Crippen LogP contribution < -0.4 is 5.01 Å². The lowest BCUT2D eigenvalue weighted by molar-refractivity contribution is -0.484. The average Bonchev–Trinajstić information content (AvgIpc) is 2.53. The molecule has 0 saturated heterocycles. The number of anilines is 1. The van der Waals surface area contributed by atoms with E-state index in [9.17, 15) is 24.5 Å². The van der Waals surface area contributed by atoms with Gasteiger partial charge < -0.3 is 9.47 Å². The number of nitro groups is 1. The Labute approximate surface area is 157 Å². The molecule has 0 heterocycles. The van der Waals surface area contributed by atoms with Crippen LogP contribution in [0.4, 0.5) is 10.5 Å². The highest BCUT2D eigenvalue weighted by molar-refractivity contribution is 5.92. The Hall–Kier alpha value is -2.97. The van der Waals surface area contributed by atoms with Gasteiger partial charge in [0.2, 0.25) is 0 Å². The molecule has 1 aromatic rings. The molecule has 0 aliphatic heterocycles. The molecule has 0 radical (unpaired) electrons. The second kappa shape index (κ2) is 9.65. The molecule has 0 atom stereocenters. The van der Waals surface area contributed by atoms with Crippen LogP contribution in [0.15, 0.2) is 24.3 Å². The highest BCUT2D eigenvalue weighted by Crippen LogP contribution is 2.22. The van der Waals surface area contributed by atoms with E-state index in [0.717, 1.165) is 6.42 Å². The molecule has 9 nitrogen and oxygen atoms in total. The number of benzene rings is 1. The van der Waals surface area contributed by atoms with E-state index in [1.165, 1.54) is 45.0 Å². The maximum atomic E-state index is 12.3. The quantitative estimate of drug-likeness (QED) is 0.278. The molecule has 0 spiro atoms. The zero-order chi connectivity index (χ0) is 20.6. The zero-order valence-electron chi connectivity index (χ0n) is 15.9. The average molecular weight is 380 g/mol. The van der Waals surface area contributed by atoms with Crippen molar-refractivity contribution in [2.75, 3.05) is 11.6 Å². The Morgan fingerprint density at radius 1 is 1.26 bits per heavy atom. The molecule has 0 N–H and O–H groups in total. The summed E-state index contributed by atoms with van der Waals surface area (Å²) in [6, 6.07) is 5.30. The summed E-state index contributed by atoms with van der Waals surface area (Å²) < 4.78 is 10.2. The predicted molar refractivity (Wildman–Crippen MR) is 97.0 cm³/mol. The third-order valence-corrected chi connectivity index (χ3v) is 3.43. The van der Waals surface area contributed by atoms with Gasteiger partial charge >= 0.3 is 12.1 Å². The molecule has 9 heteroatoms. The number of nitrogens with zero attached hydrogens (tertiary/aromatic N) is 2. The third kappa shape index (κ3) is 7.04. The van der Waals surface area contributed by atoms with Crippen LogP contribution in [0.5, 0.6) is 0 Å². The van der Waals surface area contributed by atoms with Crippen LogP contribution in [0.2, 0.25) is 0 Å². The van der Waals surface area contributed by atoms with Crippen LogP contribution in [0.25, 0.3) is 0 Å². The summed E-state index contributed by atoms with van der Waals surface area (Å²) in [6.45, 7) is 6.47. The zero-order valence-corrected chi connectivity index (χ0v) is 15.9. The highest BCUT2D eigenvalue weighted by atomic mass is 16.7. The Balaban J connectivity index is 3.02. The van der Waals surface area contributed by atoms with Gasteiger partial charge in [0, 0.05) is 11.4 Å². The molecule has 148 valence electrons. The molecule has 0 bridgehead atoms. The van der Waals surface area contributed by atoms with Crippen molar-refractivity contribution < 1.29 is 28.9 Å². The Kier molecular flexibility index (Phi) is 7.89. The number of amides is 1. The van der Waals surface area contributed by atoms with Crippen molar-refractivity contribution in [1.29, 1.82) is 0 Å². The van der Waals surface area contributed by atoms with Gasteiger partial charge in [0.15, 0.2) is 5.03 Å². The fourth-order valence-corrected chi connectivity index (χ4v) is 2.34. The number of unbranched alkanes of at least 4 members (excludes halogenated alkanes) is 1. The molecule has 0 aromatic heterocycles. The standard InChI is InChI=1S/C18H24N2O7/c1-5-6-10-26-16(22)14-8-7-9-15(11-14)19(20(24)25)17(23)27-18(3,4)12-13(2)21/h7-9,11H,5-6,10,12H2,1-4H3. The van der Waals surface area contributed by atoms with Gasteiger partial charge in [-0.15, -0.1) is 0 Å². The van der Waals surface area contributed by atoms with Crippen molar-refractivity contribution in [1.82, 2.24) is 0 Å². The number of carbonyl (C=O) groups is 3. The van der Waals surface area contributed by atoms with Crippen LogP contribution in [0.3, 0.4) is 0 Å². The van der Waals surface area contributed by atoms with Crippen molar-refractivity contribution in [2.45, 2.75) is 52.6 Å². The number of ketones is 1. The van der Waals surface area contributed by atoms with Gasteiger partial charge in [0.05, 0.1) is 12.2 Å². The normalized spacial score (nSPS) is 10.8. The van der Waals surface area contributed by atoms with Crippen LogP contribution in [0, 0.1) is 10.1 Å². The van der Waals surface area contributed by atoms with E-state index in [4.69, 9.17) is 9.47 Å². The Morgan fingerprint density at radius 3 is 2.48 bits per heavy atom. The number of rotatable bonds is 9. The van der Waals surface area contributed by atoms with E-state index in [1.54, 1.807) is 0 Å². The van der Waals surface area contributed by atoms with Gasteiger partial charge in [0.25, 0.3) is 0 Å². The van der Waals surface area contributed by atoms with Crippen LogP contribution >= 0.6 is 0 Å². The van der Waals surface area contributed by atoms with E-state index in [1.807, 2.05) is 6.92 Å². The maximum Gasteiger partial charge on any atom is 0.473 e. The Bertz CT molecular complexity index is 715. The Morgan fingerprint density at radius 2 is 1.93 bits per heavy atom. The van der Waals surface area contributed by atoms with Gasteiger partial charge in [-0.05, 0) is 45.4 Å². The predicted octanol–water partition coefficient (Wildman–Crippen LogP) is 3.54. The lowest BCUT2D eigenvalue weighted by atomic mass is 10.0. The number of carbonyl (C=O) groups excluding carboxylic acids is 3. The first-order valence-corrected chi connectivity index (χ1v) is 8.51. The minimum atomic E-state index is -1.26. The smallest absolute Gasteiger partial charge is 0.462 e. The molecule has 1 rings (SSSR count). The first-order valence-electron chi connectivity index (χ1n) is 8.51. The minimum absolute atomic E-state index is 0.0752. The molecule has 0 aliphatic carbocycles. The second-order valence-electron chi connectivity index (χ2n) is 6.60. The number of hydrogen-bond donors (Lipinski definition) is 0. The van der Waals surface area contributed by atoms with E-state index >= 15 is 0 Å². The molecular weight excluding hydrogens is 356 g/mol. The van der Waals surface area contributed by atoms with Gasteiger partial charge in [-0.2, -0.15) is 0 Å². The monoisotopic (exact) mass is 380 g/mol. The van der Waals surface area contributed by atoms with Gasteiger partial charge in [0.1, 0.15) is 17.1 Å². The molecular formula is C18H24N2O7. The summed E-state index contributed by atoms with van der Waals surface area (Å²) in [4.78, 5) is 47.0. The number of hydrazine groups is 1. The summed E-state index contributed by atoms with van der Waals surface area (Å²) in [7, 11) is 0. The van der Waals surface area contributed by atoms with Crippen LogP contribution in [-0.4, -0.2) is 35.1 Å². The molecule has 0 unspecified atom stereocenters. The van der Waals surface area contributed by atoms with Gasteiger partial charge in [-0.1, -0.05) is 19.4 Å². The molecule has 0 aliphatic rings. The van der Waals surface area contributed by atoms with E-state index in [0.29, 0.717) is 6.42 Å². The van der Waals surface area contributed by atoms with Crippen molar-refractivity contribution in [3.63, 3.8) is 0 Å². The molecule has 1 amide bonds. The SMILES string of the molecule is CCCCOC(=O)c1cccc(N(C(=O)OC(C)(C)CC(C)=O)[N+](=O)[O-])c1. The highest BCUT2D eigenvalue weighted by Gasteiger charge is 2.35. The fourth-order valence-electron chi connectivity index (χ4n) is 2.34. The first kappa shape index (κ1) is 22.1. The summed E-state index contributed by atoms with van der Waals surface area (Å²) in [5.41, 5.74) is -1.30. The lowest BCUT2D eigenvalue weighted by Crippen LogP contribution is -2.42. The topological polar surface area (TPSA) is 116 Å². The second-order valence-corrected chi connectivity index (χ2v) is 6.60. The van der Waals surface area contributed by atoms with Gasteiger partial charge in [-0.25, -0.2) is 19.7 Å². The number of esters is 1. The molecule has 1 aromatic carbocycles. The van der Waals surface area contributed by atoms with Crippen molar-refractivity contribution >= 4 is 23.5 Å². The van der Waals surface area contributed by atoms with Crippen molar-refractivity contribution in [3.05, 3.63) is 39.9 Å². The number of Topliss-reactive ketones (excluding diaryl/α,β-unsaturated/α-hetero) is 1. The largest absolute Gasteiger partial charge is 0.473 e. The van der Waals surface area contributed by atoms with Crippen LogP contribution in [0.1, 0.15) is 57.3 Å². The fraction of sp³-hybridized carbons (Fsp3) is 0.500. The van der Waals surface area contributed by atoms with Crippen molar-refractivity contribution in [3.8, 4) is 0 Å². The van der Waals surface area contributed by atoms with E-state index in [2.05, 4.69) is 0 Å². The summed E-state index contributed by atoms with van der Waals surface area (Å²) in [5.74, 6) is -0.865. The summed E-state index contributed by atoms with van der Waals surface area (Å²) >= 11 is 0. The van der Waals surface area contributed by atoms with Gasteiger partial charge in [-0.3, -0.25) is 4.79 Å². The number of hydrogen-bond acceptors (Lipinski definition) is 7. The minimum Gasteiger partial charge on any atom is -0.462 e. The summed E-state index contributed by atoms with van der Waals surface area (Å²) in [5, 5.41) is 10.6. The molecule has 0 saturated carbocycles. The lowest BCUT2D eigenvalue weighted by Gasteiger charge is -2.25. The van der Waals surface area contributed by atoms with E-state index < -0.39 is 22.7 Å². The first-order chi connectivity index (χ1) is 12.6. The third-order valence-electron chi connectivity index (χ3n) is 3.43. The molecule has 27 heavy (non-hydrogen) atoms. The van der Waals surface area contributed by atoms with Crippen LogP contribution in [-0.2, 0) is 14.3 Å².